The summed E-state index contributed by atoms with van der Waals surface area (Å²) >= 11 is 24.2. The average Bonchev–Trinajstić information content (AvgIpc) is 2.75. The van der Waals surface area contributed by atoms with Crippen molar-refractivity contribution in [3.8, 4) is 5.75 Å². The first-order chi connectivity index (χ1) is 15.2. The maximum atomic E-state index is 13.2. The van der Waals surface area contributed by atoms with Gasteiger partial charge in [-0.15, -0.1) is 0 Å². The summed E-state index contributed by atoms with van der Waals surface area (Å²) in [5.74, 6) is -0.260. The molecule has 0 aromatic heterocycles. The summed E-state index contributed by atoms with van der Waals surface area (Å²) in [5.41, 5.74) is 0.743. The highest BCUT2D eigenvalue weighted by Crippen LogP contribution is 2.28. The number of carbonyl (C=O) groups excluding carboxylic acids is 2. The second kappa shape index (κ2) is 12.5. The lowest BCUT2D eigenvalue weighted by atomic mass is 10.1. The summed E-state index contributed by atoms with van der Waals surface area (Å²) < 4.78 is 5.63. The van der Waals surface area contributed by atoms with Crippen LogP contribution >= 0.6 is 46.4 Å². The Hall–Kier alpha value is -1.66. The van der Waals surface area contributed by atoms with E-state index in [4.69, 9.17) is 51.1 Å². The van der Waals surface area contributed by atoms with Crippen LogP contribution in [0.1, 0.15) is 39.2 Å². The van der Waals surface area contributed by atoms with E-state index in [0.717, 1.165) is 12.0 Å². The Morgan fingerprint density at radius 2 is 1.69 bits per heavy atom. The number of halogens is 4. The minimum absolute atomic E-state index is 0.0115. The topological polar surface area (TPSA) is 58.6 Å². The minimum atomic E-state index is -0.685. The quantitative estimate of drug-likeness (QED) is 0.395. The number of benzene rings is 2. The smallest absolute Gasteiger partial charge is 0.261 e. The molecule has 2 aromatic rings. The van der Waals surface area contributed by atoms with E-state index in [-0.39, 0.29) is 31.0 Å². The van der Waals surface area contributed by atoms with Crippen LogP contribution in [-0.2, 0) is 16.1 Å². The van der Waals surface area contributed by atoms with Crippen LogP contribution in [0, 0.1) is 0 Å². The molecule has 2 amide bonds. The number of carbonyl (C=O) groups is 2. The van der Waals surface area contributed by atoms with Gasteiger partial charge >= 0.3 is 0 Å². The maximum Gasteiger partial charge on any atom is 0.261 e. The predicted octanol–water partition coefficient (Wildman–Crippen LogP) is 6.40. The van der Waals surface area contributed by atoms with E-state index >= 15 is 0 Å². The van der Waals surface area contributed by atoms with Gasteiger partial charge in [0.05, 0.1) is 15.1 Å². The first kappa shape index (κ1) is 26.6. The maximum absolute atomic E-state index is 13.2. The Morgan fingerprint density at radius 1 is 0.969 bits per heavy atom. The Labute approximate surface area is 208 Å². The van der Waals surface area contributed by atoms with Gasteiger partial charge in [0.1, 0.15) is 11.8 Å². The molecule has 0 aliphatic carbocycles. The molecule has 0 radical (unpaired) electrons. The van der Waals surface area contributed by atoms with Crippen LogP contribution in [0.5, 0.6) is 5.75 Å². The van der Waals surface area contributed by atoms with Crippen molar-refractivity contribution in [2.24, 2.45) is 0 Å². The zero-order chi connectivity index (χ0) is 23.8. The third-order valence-corrected chi connectivity index (χ3v) is 6.24. The number of rotatable bonds is 10. The largest absolute Gasteiger partial charge is 0.482 e. The van der Waals surface area contributed by atoms with Crippen molar-refractivity contribution in [2.75, 3.05) is 6.61 Å². The van der Waals surface area contributed by atoms with Crippen LogP contribution in [0.3, 0.4) is 0 Å². The fraction of sp³-hybridized carbons (Fsp3) is 0.391. The molecule has 2 aromatic carbocycles. The summed E-state index contributed by atoms with van der Waals surface area (Å²) in [6, 6.07) is 9.16. The number of ether oxygens (including phenoxy) is 1. The second-order valence-electron chi connectivity index (χ2n) is 7.38. The lowest BCUT2D eigenvalue weighted by Crippen LogP contribution is -2.51. The SMILES string of the molecule is CC[C@H](C)NC(=O)[C@H](CC)N(Cc1ccc(Cl)c(Cl)c1)C(=O)COc1ccc(Cl)cc1Cl. The first-order valence-electron chi connectivity index (χ1n) is 10.3. The van der Waals surface area contributed by atoms with Gasteiger partial charge in [0.25, 0.3) is 5.91 Å². The van der Waals surface area contributed by atoms with Crippen LogP contribution in [0.15, 0.2) is 36.4 Å². The van der Waals surface area contributed by atoms with Crippen molar-refractivity contribution in [3.05, 3.63) is 62.1 Å². The van der Waals surface area contributed by atoms with E-state index in [0.29, 0.717) is 32.3 Å². The van der Waals surface area contributed by atoms with E-state index in [1.165, 1.54) is 11.0 Å². The predicted molar refractivity (Wildman–Crippen MR) is 131 cm³/mol. The zero-order valence-electron chi connectivity index (χ0n) is 18.1. The van der Waals surface area contributed by atoms with Gasteiger partial charge in [-0.1, -0.05) is 66.3 Å². The molecule has 5 nitrogen and oxygen atoms in total. The molecule has 0 saturated heterocycles. The number of hydrogen-bond donors (Lipinski definition) is 1. The molecule has 0 aliphatic rings. The standard InChI is InChI=1S/C23H26Cl4N2O3/c1-4-14(3)28-23(31)20(5-2)29(12-15-6-8-17(25)18(26)10-15)22(30)13-32-21-9-7-16(24)11-19(21)27/h6-11,14,20H,4-5,12-13H2,1-3H3,(H,28,31)/t14-,20-/m0/s1. The fourth-order valence-electron chi connectivity index (χ4n) is 3.01. The second-order valence-corrected chi connectivity index (χ2v) is 9.03. The molecule has 174 valence electrons. The van der Waals surface area contributed by atoms with E-state index in [9.17, 15) is 9.59 Å². The Kier molecular flexibility index (Phi) is 10.4. The Morgan fingerprint density at radius 3 is 2.28 bits per heavy atom. The molecular weight excluding hydrogens is 494 g/mol. The monoisotopic (exact) mass is 518 g/mol. The van der Waals surface area contributed by atoms with Crippen LogP contribution in [0.4, 0.5) is 0 Å². The first-order valence-corrected chi connectivity index (χ1v) is 11.8. The molecule has 1 N–H and O–H groups in total. The van der Waals surface area contributed by atoms with Gasteiger partial charge in [-0.25, -0.2) is 0 Å². The summed E-state index contributed by atoms with van der Waals surface area (Å²) in [6.07, 6.45) is 1.21. The molecule has 0 spiro atoms. The highest BCUT2D eigenvalue weighted by atomic mass is 35.5. The molecule has 32 heavy (non-hydrogen) atoms. The van der Waals surface area contributed by atoms with Gasteiger partial charge in [-0.05, 0) is 55.7 Å². The molecular formula is C23H26Cl4N2O3. The van der Waals surface area contributed by atoms with E-state index in [2.05, 4.69) is 5.32 Å². The van der Waals surface area contributed by atoms with Crippen LogP contribution in [-0.4, -0.2) is 35.4 Å². The normalized spacial score (nSPS) is 12.7. The Bertz CT molecular complexity index is 955. The van der Waals surface area contributed by atoms with Crippen molar-refractivity contribution in [3.63, 3.8) is 0 Å². The summed E-state index contributed by atoms with van der Waals surface area (Å²) in [4.78, 5) is 27.6. The van der Waals surface area contributed by atoms with Crippen LogP contribution < -0.4 is 10.1 Å². The fourth-order valence-corrected chi connectivity index (χ4v) is 3.79. The van der Waals surface area contributed by atoms with Gasteiger partial charge < -0.3 is 15.0 Å². The van der Waals surface area contributed by atoms with Gasteiger partial charge in [-0.3, -0.25) is 9.59 Å². The summed E-state index contributed by atoms with van der Waals surface area (Å²) in [6.45, 7) is 5.62. The van der Waals surface area contributed by atoms with Crippen molar-refractivity contribution in [1.29, 1.82) is 0 Å². The molecule has 9 heteroatoms. The minimum Gasteiger partial charge on any atom is -0.482 e. The van der Waals surface area contributed by atoms with Crippen molar-refractivity contribution >= 4 is 58.2 Å². The summed E-state index contributed by atoms with van der Waals surface area (Å²) in [7, 11) is 0. The lowest BCUT2D eigenvalue weighted by molar-refractivity contribution is -0.143. The molecule has 0 unspecified atom stereocenters. The third kappa shape index (κ3) is 7.45. The lowest BCUT2D eigenvalue weighted by Gasteiger charge is -2.31. The number of amides is 2. The highest BCUT2D eigenvalue weighted by molar-refractivity contribution is 6.42. The summed E-state index contributed by atoms with van der Waals surface area (Å²) in [5, 5.41) is 4.50. The van der Waals surface area contributed by atoms with Gasteiger partial charge in [-0.2, -0.15) is 0 Å². The Balaban J connectivity index is 2.26. The van der Waals surface area contributed by atoms with Gasteiger partial charge in [0.15, 0.2) is 6.61 Å². The molecule has 0 saturated carbocycles. The van der Waals surface area contributed by atoms with Crippen LogP contribution in [0.2, 0.25) is 20.1 Å². The number of nitrogens with one attached hydrogen (secondary N) is 1. The number of nitrogens with zero attached hydrogens (tertiary/aromatic N) is 1. The van der Waals surface area contributed by atoms with E-state index in [1.807, 2.05) is 20.8 Å². The molecule has 2 rings (SSSR count). The molecule has 0 aliphatic heterocycles. The van der Waals surface area contributed by atoms with Crippen molar-refractivity contribution in [2.45, 2.75) is 52.2 Å². The van der Waals surface area contributed by atoms with Crippen molar-refractivity contribution in [1.82, 2.24) is 10.2 Å². The van der Waals surface area contributed by atoms with Gasteiger partial charge in [0.2, 0.25) is 5.91 Å². The molecule has 0 heterocycles. The van der Waals surface area contributed by atoms with Crippen molar-refractivity contribution < 1.29 is 14.3 Å². The zero-order valence-corrected chi connectivity index (χ0v) is 21.2. The highest BCUT2D eigenvalue weighted by Gasteiger charge is 2.29. The molecule has 0 fully saturated rings. The van der Waals surface area contributed by atoms with Gasteiger partial charge in [0, 0.05) is 17.6 Å². The van der Waals surface area contributed by atoms with Crippen LogP contribution in [0.25, 0.3) is 0 Å². The van der Waals surface area contributed by atoms with E-state index in [1.54, 1.807) is 30.3 Å². The molecule has 0 bridgehead atoms. The number of hydrogen-bond acceptors (Lipinski definition) is 3. The van der Waals surface area contributed by atoms with E-state index < -0.39 is 6.04 Å². The average molecular weight is 520 g/mol. The third-order valence-electron chi connectivity index (χ3n) is 4.97. The molecule has 2 atom stereocenters.